The number of carbonyl (C=O) groups is 1. The van der Waals surface area contributed by atoms with Crippen LogP contribution in [0.4, 0.5) is 0 Å². The number of pyridine rings is 1. The average molecular weight is 414 g/mol. The van der Waals surface area contributed by atoms with Crippen molar-refractivity contribution in [3.63, 3.8) is 0 Å². The summed E-state index contributed by atoms with van der Waals surface area (Å²) in [6, 6.07) is 23.8. The molecule has 0 radical (unpaired) electrons. The molecule has 158 valence electrons. The number of aromatic nitrogens is 2. The van der Waals surface area contributed by atoms with E-state index >= 15 is 0 Å². The first-order valence-corrected chi connectivity index (χ1v) is 10.7. The summed E-state index contributed by atoms with van der Waals surface area (Å²) in [6.45, 7) is 5.13. The van der Waals surface area contributed by atoms with Crippen molar-refractivity contribution in [1.29, 1.82) is 0 Å². The lowest BCUT2D eigenvalue weighted by Crippen LogP contribution is -2.26. The van der Waals surface area contributed by atoms with Crippen molar-refractivity contribution in [3.8, 4) is 5.75 Å². The number of ether oxygens (including phenoxy) is 1. The van der Waals surface area contributed by atoms with Gasteiger partial charge in [-0.1, -0.05) is 49.4 Å². The maximum Gasteiger partial charge on any atom is 0.268 e. The Labute approximate surface area is 182 Å². The van der Waals surface area contributed by atoms with E-state index < -0.39 is 0 Å². The molecule has 2 aromatic carbocycles. The molecule has 0 aliphatic heterocycles. The third-order valence-electron chi connectivity index (χ3n) is 5.38. The van der Waals surface area contributed by atoms with E-state index in [-0.39, 0.29) is 12.0 Å². The molecule has 2 heterocycles. The maximum atomic E-state index is 13.2. The molecule has 4 aromatic rings. The van der Waals surface area contributed by atoms with Crippen molar-refractivity contribution in [2.45, 2.75) is 39.5 Å². The van der Waals surface area contributed by atoms with Crippen molar-refractivity contribution in [3.05, 3.63) is 95.9 Å². The minimum Gasteiger partial charge on any atom is -0.490 e. The molecule has 0 aliphatic rings. The molecule has 5 heteroatoms. The number of carbonyl (C=O) groups excluding carboxylic acids is 1. The van der Waals surface area contributed by atoms with Crippen molar-refractivity contribution in [2.24, 2.45) is 0 Å². The number of nitrogens with one attached hydrogen (secondary N) is 1. The SMILES string of the molecule is CC[C@H](C)Oc1cccc2c1cc(C(=O)NCc1ccccn1)n2Cc1ccccc1. The minimum absolute atomic E-state index is 0.101. The van der Waals surface area contributed by atoms with Gasteiger partial charge in [-0.3, -0.25) is 9.78 Å². The van der Waals surface area contributed by atoms with Crippen molar-refractivity contribution in [2.75, 3.05) is 0 Å². The van der Waals surface area contributed by atoms with Crippen LogP contribution in [0.5, 0.6) is 5.75 Å². The van der Waals surface area contributed by atoms with Gasteiger partial charge in [-0.05, 0) is 49.2 Å². The van der Waals surface area contributed by atoms with E-state index in [1.807, 2.05) is 60.7 Å². The average Bonchev–Trinajstić information content (AvgIpc) is 3.18. The number of hydrogen-bond acceptors (Lipinski definition) is 3. The molecular weight excluding hydrogens is 386 g/mol. The molecule has 0 fully saturated rings. The fraction of sp³-hybridized carbons (Fsp3) is 0.231. The monoisotopic (exact) mass is 413 g/mol. The summed E-state index contributed by atoms with van der Waals surface area (Å²) in [6.07, 6.45) is 2.75. The van der Waals surface area contributed by atoms with Gasteiger partial charge in [0.1, 0.15) is 11.4 Å². The van der Waals surface area contributed by atoms with Crippen LogP contribution in [0, 0.1) is 0 Å². The molecule has 31 heavy (non-hydrogen) atoms. The molecule has 0 saturated carbocycles. The topological polar surface area (TPSA) is 56.1 Å². The van der Waals surface area contributed by atoms with Crippen molar-refractivity contribution in [1.82, 2.24) is 14.9 Å². The Hall–Kier alpha value is -3.60. The van der Waals surface area contributed by atoms with E-state index in [0.29, 0.717) is 18.8 Å². The molecule has 5 nitrogen and oxygen atoms in total. The minimum atomic E-state index is -0.132. The zero-order chi connectivity index (χ0) is 21.6. The largest absolute Gasteiger partial charge is 0.490 e. The molecule has 0 aliphatic carbocycles. The Bertz CT molecular complexity index is 1150. The van der Waals surface area contributed by atoms with Crippen LogP contribution in [0.25, 0.3) is 10.9 Å². The smallest absolute Gasteiger partial charge is 0.268 e. The van der Waals surface area contributed by atoms with Gasteiger partial charge in [-0.15, -0.1) is 0 Å². The van der Waals surface area contributed by atoms with Gasteiger partial charge < -0.3 is 14.6 Å². The number of amides is 1. The van der Waals surface area contributed by atoms with Crippen LogP contribution in [-0.4, -0.2) is 21.6 Å². The Morgan fingerprint density at radius 1 is 1.06 bits per heavy atom. The van der Waals surface area contributed by atoms with Crippen LogP contribution in [0.15, 0.2) is 79.0 Å². The van der Waals surface area contributed by atoms with Crippen molar-refractivity contribution >= 4 is 16.8 Å². The summed E-state index contributed by atoms with van der Waals surface area (Å²) in [4.78, 5) is 17.5. The van der Waals surface area contributed by atoms with E-state index in [4.69, 9.17) is 4.74 Å². The lowest BCUT2D eigenvalue weighted by Gasteiger charge is -2.14. The zero-order valence-electron chi connectivity index (χ0n) is 17.9. The molecule has 2 aromatic heterocycles. The summed E-state index contributed by atoms with van der Waals surface area (Å²) in [7, 11) is 0. The lowest BCUT2D eigenvalue weighted by atomic mass is 10.2. The molecule has 0 unspecified atom stereocenters. The summed E-state index contributed by atoms with van der Waals surface area (Å²) in [5.41, 5.74) is 3.54. The predicted octanol–water partition coefficient (Wildman–Crippen LogP) is 5.19. The molecule has 0 bridgehead atoms. The fourth-order valence-electron chi connectivity index (χ4n) is 3.55. The van der Waals surface area contributed by atoms with E-state index in [0.717, 1.165) is 34.3 Å². The summed E-state index contributed by atoms with van der Waals surface area (Å²) in [5, 5.41) is 3.96. The first-order valence-electron chi connectivity index (χ1n) is 10.7. The Morgan fingerprint density at radius 2 is 1.87 bits per heavy atom. The third-order valence-corrected chi connectivity index (χ3v) is 5.38. The van der Waals surface area contributed by atoms with Gasteiger partial charge in [0.2, 0.25) is 0 Å². The van der Waals surface area contributed by atoms with Gasteiger partial charge >= 0.3 is 0 Å². The maximum absolute atomic E-state index is 13.2. The molecule has 0 saturated heterocycles. The second-order valence-corrected chi connectivity index (χ2v) is 7.63. The van der Waals surface area contributed by atoms with E-state index in [1.54, 1.807) is 6.20 Å². The summed E-state index contributed by atoms with van der Waals surface area (Å²) in [5.74, 6) is 0.671. The van der Waals surface area contributed by atoms with Crippen molar-refractivity contribution < 1.29 is 9.53 Å². The lowest BCUT2D eigenvalue weighted by molar-refractivity contribution is 0.0942. The Balaban J connectivity index is 1.71. The molecule has 1 N–H and O–H groups in total. The first kappa shape index (κ1) is 20.7. The molecule has 1 atom stereocenters. The molecule has 1 amide bonds. The van der Waals surface area contributed by atoms with Crippen LogP contribution in [0.3, 0.4) is 0 Å². The van der Waals surface area contributed by atoms with Crippen LogP contribution in [-0.2, 0) is 13.1 Å². The van der Waals surface area contributed by atoms with E-state index in [2.05, 4.69) is 40.8 Å². The van der Waals surface area contributed by atoms with Gasteiger partial charge in [0.25, 0.3) is 5.91 Å². The second kappa shape index (κ2) is 9.47. The van der Waals surface area contributed by atoms with E-state index in [9.17, 15) is 4.79 Å². The second-order valence-electron chi connectivity index (χ2n) is 7.63. The Kier molecular flexibility index (Phi) is 6.32. The van der Waals surface area contributed by atoms with Crippen LogP contribution in [0.2, 0.25) is 0 Å². The van der Waals surface area contributed by atoms with Gasteiger partial charge in [0.15, 0.2) is 0 Å². The first-order chi connectivity index (χ1) is 15.2. The number of benzene rings is 2. The number of fused-ring (bicyclic) bond motifs is 1. The normalized spacial score (nSPS) is 11.9. The van der Waals surface area contributed by atoms with Gasteiger partial charge in [-0.2, -0.15) is 0 Å². The summed E-state index contributed by atoms with van der Waals surface area (Å²) < 4.78 is 8.21. The highest BCUT2D eigenvalue weighted by Gasteiger charge is 2.19. The fourth-order valence-corrected chi connectivity index (χ4v) is 3.55. The van der Waals surface area contributed by atoms with Gasteiger partial charge in [0, 0.05) is 18.1 Å². The quantitative estimate of drug-likeness (QED) is 0.432. The molecule has 4 rings (SSSR count). The highest BCUT2D eigenvalue weighted by molar-refractivity contribution is 6.00. The number of nitrogens with zero attached hydrogens (tertiary/aromatic N) is 2. The third kappa shape index (κ3) is 4.77. The summed E-state index contributed by atoms with van der Waals surface area (Å²) >= 11 is 0. The van der Waals surface area contributed by atoms with Gasteiger partial charge in [0.05, 0.1) is 23.9 Å². The number of hydrogen-bond donors (Lipinski definition) is 1. The Morgan fingerprint density at radius 3 is 2.61 bits per heavy atom. The van der Waals surface area contributed by atoms with Gasteiger partial charge in [-0.25, -0.2) is 0 Å². The van der Waals surface area contributed by atoms with E-state index in [1.165, 1.54) is 0 Å². The molecular formula is C26H27N3O2. The molecule has 0 spiro atoms. The standard InChI is InChI=1S/C26H27N3O2/c1-3-19(2)31-25-14-9-13-23-22(25)16-24(29(23)18-20-10-5-4-6-11-20)26(30)28-17-21-12-7-8-15-27-21/h4-16,19H,3,17-18H2,1-2H3,(H,28,30)/t19-/m0/s1. The number of rotatable bonds is 8. The predicted molar refractivity (Wildman–Crippen MR) is 123 cm³/mol. The highest BCUT2D eigenvalue weighted by Crippen LogP contribution is 2.31. The van der Waals surface area contributed by atoms with Crippen LogP contribution < -0.4 is 10.1 Å². The van der Waals surface area contributed by atoms with Crippen LogP contribution in [0.1, 0.15) is 42.0 Å². The zero-order valence-corrected chi connectivity index (χ0v) is 17.9. The highest BCUT2D eigenvalue weighted by atomic mass is 16.5. The van der Waals surface area contributed by atoms with Crippen LogP contribution >= 0.6 is 0 Å².